The van der Waals surface area contributed by atoms with Crippen LogP contribution in [0, 0.1) is 0 Å². The van der Waals surface area contributed by atoms with E-state index in [1.165, 1.54) is 0 Å². The number of carbonyl (C=O) groups is 2. The van der Waals surface area contributed by atoms with Crippen LogP contribution in [-0.4, -0.2) is 28.3 Å². The van der Waals surface area contributed by atoms with Crippen LogP contribution in [0.25, 0.3) is 0 Å². The van der Waals surface area contributed by atoms with Crippen molar-refractivity contribution in [2.24, 2.45) is 0 Å². The molecule has 0 saturated carbocycles. The van der Waals surface area contributed by atoms with E-state index in [0.29, 0.717) is 22.2 Å². The van der Waals surface area contributed by atoms with E-state index in [2.05, 4.69) is 21.2 Å². The molecule has 0 bridgehead atoms. The molecule has 0 fully saturated rings. The molecule has 0 aliphatic rings. The normalized spacial score (nSPS) is 12.4. The summed E-state index contributed by atoms with van der Waals surface area (Å²) in [6.07, 6.45) is 0.0160. The van der Waals surface area contributed by atoms with E-state index in [9.17, 15) is 9.59 Å². The SMILES string of the molecule is C[C@H](C(=O)NC(C)(C)C)N(Cc1ccc(Br)cc1)C(=O)Cc1c(Cl)cccc1Cl. The van der Waals surface area contributed by atoms with E-state index in [1.807, 2.05) is 45.0 Å². The lowest BCUT2D eigenvalue weighted by atomic mass is 10.1. The summed E-state index contributed by atoms with van der Waals surface area (Å²) >= 11 is 15.9. The highest BCUT2D eigenvalue weighted by Crippen LogP contribution is 2.26. The summed E-state index contributed by atoms with van der Waals surface area (Å²) in [5.74, 6) is -0.437. The van der Waals surface area contributed by atoms with Crippen LogP contribution in [0.5, 0.6) is 0 Å². The quantitative estimate of drug-likeness (QED) is 0.559. The minimum atomic E-state index is -0.661. The fourth-order valence-electron chi connectivity index (χ4n) is 2.80. The van der Waals surface area contributed by atoms with Crippen LogP contribution < -0.4 is 5.32 Å². The highest BCUT2D eigenvalue weighted by atomic mass is 79.9. The van der Waals surface area contributed by atoms with Crippen molar-refractivity contribution in [2.45, 2.75) is 52.2 Å². The third-order valence-electron chi connectivity index (χ3n) is 4.32. The Morgan fingerprint density at radius 3 is 2.14 bits per heavy atom. The predicted molar refractivity (Wildman–Crippen MR) is 122 cm³/mol. The van der Waals surface area contributed by atoms with Crippen molar-refractivity contribution in [3.63, 3.8) is 0 Å². The first-order valence-corrected chi connectivity index (χ1v) is 10.8. The number of hydrogen-bond acceptors (Lipinski definition) is 2. The Morgan fingerprint density at radius 2 is 1.62 bits per heavy atom. The molecule has 0 spiro atoms. The highest BCUT2D eigenvalue weighted by Gasteiger charge is 2.29. The fraction of sp³-hybridized carbons (Fsp3) is 0.364. The monoisotopic (exact) mass is 498 g/mol. The number of amides is 2. The molecule has 0 aliphatic heterocycles. The summed E-state index contributed by atoms with van der Waals surface area (Å²) in [6.45, 7) is 7.74. The third kappa shape index (κ3) is 7.02. The summed E-state index contributed by atoms with van der Waals surface area (Å²) in [6, 6.07) is 12.1. The first kappa shape index (κ1) is 23.7. The Bertz CT molecular complexity index is 859. The molecule has 2 amide bonds. The average Bonchev–Trinajstić information content (AvgIpc) is 2.62. The largest absolute Gasteiger partial charge is 0.350 e. The Hall–Kier alpha value is -1.56. The van der Waals surface area contributed by atoms with E-state index >= 15 is 0 Å². The van der Waals surface area contributed by atoms with E-state index in [4.69, 9.17) is 23.2 Å². The lowest BCUT2D eigenvalue weighted by Crippen LogP contribution is -2.52. The molecule has 4 nitrogen and oxygen atoms in total. The van der Waals surface area contributed by atoms with Crippen LogP contribution in [0.3, 0.4) is 0 Å². The van der Waals surface area contributed by atoms with Gasteiger partial charge in [0.15, 0.2) is 0 Å². The first-order chi connectivity index (χ1) is 13.5. The number of benzene rings is 2. The van der Waals surface area contributed by atoms with E-state index in [1.54, 1.807) is 30.0 Å². The van der Waals surface area contributed by atoms with Gasteiger partial charge in [-0.3, -0.25) is 9.59 Å². The van der Waals surface area contributed by atoms with Crippen LogP contribution in [0.4, 0.5) is 0 Å². The van der Waals surface area contributed by atoms with Gasteiger partial charge >= 0.3 is 0 Å². The maximum Gasteiger partial charge on any atom is 0.242 e. The summed E-state index contributed by atoms with van der Waals surface area (Å²) in [5.41, 5.74) is 1.08. The van der Waals surface area contributed by atoms with Crippen molar-refractivity contribution in [1.29, 1.82) is 0 Å². The Labute approximate surface area is 190 Å². The molecule has 0 radical (unpaired) electrons. The van der Waals surface area contributed by atoms with Crippen LogP contribution in [0.2, 0.25) is 10.0 Å². The molecule has 29 heavy (non-hydrogen) atoms. The molecule has 0 aliphatic carbocycles. The van der Waals surface area contributed by atoms with Crippen LogP contribution in [0.15, 0.2) is 46.9 Å². The van der Waals surface area contributed by atoms with E-state index in [-0.39, 0.29) is 18.2 Å². The van der Waals surface area contributed by atoms with Crippen LogP contribution >= 0.6 is 39.1 Å². The molecule has 156 valence electrons. The van der Waals surface area contributed by atoms with Gasteiger partial charge in [-0.1, -0.05) is 57.3 Å². The molecule has 7 heteroatoms. The Balaban J connectivity index is 2.30. The molecular formula is C22H25BrCl2N2O2. The summed E-state index contributed by atoms with van der Waals surface area (Å²) in [4.78, 5) is 27.5. The van der Waals surface area contributed by atoms with Crippen molar-refractivity contribution >= 4 is 50.9 Å². The molecule has 0 heterocycles. The van der Waals surface area contributed by atoms with Gasteiger partial charge in [0.1, 0.15) is 6.04 Å². The van der Waals surface area contributed by atoms with Crippen molar-refractivity contribution in [3.8, 4) is 0 Å². The van der Waals surface area contributed by atoms with Crippen molar-refractivity contribution in [1.82, 2.24) is 10.2 Å². The zero-order chi connectivity index (χ0) is 21.8. The second-order valence-corrected chi connectivity index (χ2v) is 9.67. The van der Waals surface area contributed by atoms with Gasteiger partial charge in [-0.25, -0.2) is 0 Å². The lowest BCUT2D eigenvalue weighted by molar-refractivity contribution is -0.140. The van der Waals surface area contributed by atoms with Crippen molar-refractivity contribution < 1.29 is 9.59 Å². The standard InChI is InChI=1S/C22H25BrCl2N2O2/c1-14(21(29)26-22(2,3)4)27(13-15-8-10-16(23)11-9-15)20(28)12-17-18(24)6-5-7-19(17)25/h5-11,14H,12-13H2,1-4H3,(H,26,29)/t14-/m1/s1. The molecule has 0 unspecified atom stereocenters. The number of halogens is 3. The third-order valence-corrected chi connectivity index (χ3v) is 5.56. The number of nitrogens with zero attached hydrogens (tertiary/aromatic N) is 1. The Kier molecular flexibility index (Phi) is 8.15. The Morgan fingerprint density at radius 1 is 1.07 bits per heavy atom. The summed E-state index contributed by atoms with van der Waals surface area (Å²) in [7, 11) is 0. The van der Waals surface area contributed by atoms with Gasteiger partial charge in [0.2, 0.25) is 11.8 Å². The molecule has 2 aromatic carbocycles. The minimum absolute atomic E-state index is 0.0160. The zero-order valence-corrected chi connectivity index (χ0v) is 20.0. The second-order valence-electron chi connectivity index (χ2n) is 7.94. The van der Waals surface area contributed by atoms with Gasteiger partial charge in [0.25, 0.3) is 0 Å². The summed E-state index contributed by atoms with van der Waals surface area (Å²) < 4.78 is 0.945. The van der Waals surface area contributed by atoms with Crippen molar-refractivity contribution in [2.75, 3.05) is 0 Å². The van der Waals surface area contributed by atoms with Gasteiger partial charge in [-0.05, 0) is 63.1 Å². The number of nitrogens with one attached hydrogen (secondary N) is 1. The van der Waals surface area contributed by atoms with Gasteiger partial charge in [-0.2, -0.15) is 0 Å². The highest BCUT2D eigenvalue weighted by molar-refractivity contribution is 9.10. The molecule has 1 atom stereocenters. The van der Waals surface area contributed by atoms with Crippen LogP contribution in [0.1, 0.15) is 38.8 Å². The molecular weight excluding hydrogens is 475 g/mol. The van der Waals surface area contributed by atoms with Crippen molar-refractivity contribution in [3.05, 3.63) is 68.1 Å². The topological polar surface area (TPSA) is 49.4 Å². The van der Waals surface area contributed by atoms with Crippen LogP contribution in [-0.2, 0) is 22.6 Å². The molecule has 0 saturated heterocycles. The van der Waals surface area contributed by atoms with Gasteiger partial charge in [0, 0.05) is 26.6 Å². The molecule has 2 aromatic rings. The van der Waals surface area contributed by atoms with E-state index in [0.717, 1.165) is 10.0 Å². The van der Waals surface area contributed by atoms with Gasteiger partial charge in [0.05, 0.1) is 6.42 Å². The van der Waals surface area contributed by atoms with Gasteiger partial charge < -0.3 is 10.2 Å². The number of hydrogen-bond donors (Lipinski definition) is 1. The molecule has 2 rings (SSSR count). The smallest absolute Gasteiger partial charge is 0.242 e. The number of carbonyl (C=O) groups excluding carboxylic acids is 2. The number of rotatable bonds is 6. The fourth-order valence-corrected chi connectivity index (χ4v) is 3.59. The zero-order valence-electron chi connectivity index (χ0n) is 16.9. The maximum absolute atomic E-state index is 13.2. The lowest BCUT2D eigenvalue weighted by Gasteiger charge is -2.31. The summed E-state index contributed by atoms with van der Waals surface area (Å²) in [5, 5.41) is 3.81. The van der Waals surface area contributed by atoms with Gasteiger partial charge in [-0.15, -0.1) is 0 Å². The van der Waals surface area contributed by atoms with E-state index < -0.39 is 11.6 Å². The first-order valence-electron chi connectivity index (χ1n) is 9.27. The molecule has 1 N–H and O–H groups in total. The minimum Gasteiger partial charge on any atom is -0.350 e. The predicted octanol–water partition coefficient (Wildman–Crippen LogP) is 5.63. The molecule has 0 aromatic heterocycles. The second kappa shape index (κ2) is 9.96. The average molecular weight is 500 g/mol. The maximum atomic E-state index is 13.2.